The summed E-state index contributed by atoms with van der Waals surface area (Å²) in [7, 11) is 0. The van der Waals surface area contributed by atoms with Crippen molar-refractivity contribution in [3.63, 3.8) is 0 Å². The smallest absolute Gasteiger partial charge is 0.228 e. The number of carbonyl (C=O) groups excluding carboxylic acids is 1. The Bertz CT molecular complexity index is 205. The highest BCUT2D eigenvalue weighted by Crippen LogP contribution is 2.50. The molecule has 2 rings (SSSR count). The van der Waals surface area contributed by atoms with Crippen LogP contribution in [0, 0.1) is 5.41 Å². The van der Waals surface area contributed by atoms with Crippen molar-refractivity contribution >= 4 is 5.91 Å². The van der Waals surface area contributed by atoms with Crippen LogP contribution >= 0.6 is 0 Å². The van der Waals surface area contributed by atoms with Gasteiger partial charge in [-0.1, -0.05) is 6.92 Å². The number of nitrogens with zero attached hydrogens (tertiary/aromatic N) is 1. The quantitative estimate of drug-likeness (QED) is 0.678. The van der Waals surface area contributed by atoms with Gasteiger partial charge in [0.2, 0.25) is 5.91 Å². The topological polar surface area (TPSA) is 32.3 Å². The highest BCUT2D eigenvalue weighted by atomic mass is 16.2. The molecule has 1 N–H and O–H groups in total. The number of hydrogen-bond acceptors (Lipinski definition) is 2. The fourth-order valence-electron chi connectivity index (χ4n) is 2.07. The van der Waals surface area contributed by atoms with E-state index < -0.39 is 0 Å². The average molecular weight is 182 g/mol. The molecule has 1 heterocycles. The van der Waals surface area contributed by atoms with Crippen LogP contribution in [0.5, 0.6) is 0 Å². The van der Waals surface area contributed by atoms with Gasteiger partial charge < -0.3 is 10.2 Å². The molecule has 74 valence electrons. The van der Waals surface area contributed by atoms with E-state index in [1.807, 2.05) is 4.90 Å². The molecule has 0 spiro atoms. The molecular weight excluding hydrogens is 164 g/mol. The minimum Gasteiger partial charge on any atom is -0.340 e. The van der Waals surface area contributed by atoms with E-state index in [1.54, 1.807) is 0 Å². The van der Waals surface area contributed by atoms with Crippen molar-refractivity contribution in [2.24, 2.45) is 5.41 Å². The summed E-state index contributed by atoms with van der Waals surface area (Å²) in [5, 5.41) is 3.27. The van der Waals surface area contributed by atoms with Crippen molar-refractivity contribution in [3.05, 3.63) is 0 Å². The molecule has 2 fully saturated rings. The van der Waals surface area contributed by atoms with Crippen LogP contribution in [0.1, 0.15) is 26.2 Å². The van der Waals surface area contributed by atoms with Crippen LogP contribution in [-0.4, -0.2) is 37.0 Å². The maximum Gasteiger partial charge on any atom is 0.228 e. The van der Waals surface area contributed by atoms with Gasteiger partial charge in [-0.2, -0.15) is 0 Å². The monoisotopic (exact) mass is 182 g/mol. The first kappa shape index (κ1) is 9.00. The summed E-state index contributed by atoms with van der Waals surface area (Å²) >= 11 is 0. The standard InChI is InChI=1S/C10H18N2O/c1-2-10(3-4-10)9(13)12-7-5-11-6-8-12/h11H,2-8H2,1H3. The molecule has 0 aromatic rings. The molecule has 1 saturated carbocycles. The van der Waals surface area contributed by atoms with Crippen LogP contribution in [0.25, 0.3) is 0 Å². The zero-order chi connectivity index (χ0) is 9.31. The van der Waals surface area contributed by atoms with E-state index in [1.165, 1.54) is 0 Å². The maximum absolute atomic E-state index is 12.0. The highest BCUT2D eigenvalue weighted by molar-refractivity contribution is 5.85. The van der Waals surface area contributed by atoms with Gasteiger partial charge in [-0.25, -0.2) is 0 Å². The third kappa shape index (κ3) is 1.57. The molecule has 0 atom stereocenters. The number of rotatable bonds is 2. The average Bonchev–Trinajstić information content (AvgIpc) is 2.99. The van der Waals surface area contributed by atoms with Gasteiger partial charge in [0, 0.05) is 31.6 Å². The molecule has 13 heavy (non-hydrogen) atoms. The van der Waals surface area contributed by atoms with Gasteiger partial charge in [0.25, 0.3) is 0 Å². The van der Waals surface area contributed by atoms with Crippen molar-refractivity contribution < 1.29 is 4.79 Å². The second-order valence-corrected chi connectivity index (χ2v) is 4.18. The normalized spacial score (nSPS) is 25.8. The molecule has 0 unspecified atom stereocenters. The Hall–Kier alpha value is -0.570. The predicted molar refractivity (Wildman–Crippen MR) is 51.4 cm³/mol. The zero-order valence-corrected chi connectivity index (χ0v) is 8.31. The van der Waals surface area contributed by atoms with Gasteiger partial charge in [-0.15, -0.1) is 0 Å². The van der Waals surface area contributed by atoms with Crippen molar-refractivity contribution in [1.82, 2.24) is 10.2 Å². The third-order valence-electron chi connectivity index (χ3n) is 3.39. The van der Waals surface area contributed by atoms with Gasteiger partial charge in [0.1, 0.15) is 0 Å². The Kier molecular flexibility index (Phi) is 2.28. The Balaban J connectivity index is 1.95. The molecule has 1 aliphatic carbocycles. The SMILES string of the molecule is CCC1(C(=O)N2CCNCC2)CC1. The van der Waals surface area contributed by atoms with Gasteiger partial charge in [-0.3, -0.25) is 4.79 Å². The van der Waals surface area contributed by atoms with E-state index >= 15 is 0 Å². The van der Waals surface area contributed by atoms with Crippen molar-refractivity contribution in [3.8, 4) is 0 Å². The summed E-state index contributed by atoms with van der Waals surface area (Å²) < 4.78 is 0. The van der Waals surface area contributed by atoms with Gasteiger partial charge >= 0.3 is 0 Å². The van der Waals surface area contributed by atoms with E-state index in [2.05, 4.69) is 12.2 Å². The summed E-state index contributed by atoms with van der Waals surface area (Å²) in [5.74, 6) is 0.413. The van der Waals surface area contributed by atoms with Crippen LogP contribution in [-0.2, 0) is 4.79 Å². The number of amides is 1. The molecule has 0 radical (unpaired) electrons. The summed E-state index contributed by atoms with van der Waals surface area (Å²) in [6.07, 6.45) is 3.26. The summed E-state index contributed by atoms with van der Waals surface area (Å²) in [5.41, 5.74) is 0.0668. The number of piperazine rings is 1. The third-order valence-corrected chi connectivity index (χ3v) is 3.39. The number of nitrogens with one attached hydrogen (secondary N) is 1. The first-order valence-electron chi connectivity index (χ1n) is 5.29. The highest BCUT2D eigenvalue weighted by Gasteiger charge is 2.49. The van der Waals surface area contributed by atoms with Crippen LogP contribution in [0.4, 0.5) is 0 Å². The van der Waals surface area contributed by atoms with E-state index in [-0.39, 0.29) is 5.41 Å². The van der Waals surface area contributed by atoms with Crippen molar-refractivity contribution in [2.75, 3.05) is 26.2 Å². The van der Waals surface area contributed by atoms with Crippen molar-refractivity contribution in [2.45, 2.75) is 26.2 Å². The number of carbonyl (C=O) groups is 1. The molecule has 1 aliphatic heterocycles. The van der Waals surface area contributed by atoms with E-state index in [9.17, 15) is 4.79 Å². The van der Waals surface area contributed by atoms with Gasteiger partial charge in [-0.05, 0) is 19.3 Å². The van der Waals surface area contributed by atoms with Gasteiger partial charge in [0.15, 0.2) is 0 Å². The molecule has 0 bridgehead atoms. The molecule has 0 aromatic carbocycles. The fourth-order valence-corrected chi connectivity index (χ4v) is 2.07. The molecule has 0 aromatic heterocycles. The first-order valence-corrected chi connectivity index (χ1v) is 5.29. The van der Waals surface area contributed by atoms with Crippen LogP contribution in [0.2, 0.25) is 0 Å². The molecule has 3 heteroatoms. The largest absolute Gasteiger partial charge is 0.340 e. The minimum absolute atomic E-state index is 0.0668. The fraction of sp³-hybridized carbons (Fsp3) is 0.900. The molecule has 1 amide bonds. The molecular formula is C10H18N2O. The van der Waals surface area contributed by atoms with Crippen LogP contribution < -0.4 is 5.32 Å². The predicted octanol–water partition coefficient (Wildman–Crippen LogP) is 0.608. The lowest BCUT2D eigenvalue weighted by atomic mass is 10.0. The minimum atomic E-state index is 0.0668. The lowest BCUT2D eigenvalue weighted by Gasteiger charge is -2.30. The Labute approximate surface area is 79.5 Å². The molecule has 1 saturated heterocycles. The summed E-state index contributed by atoms with van der Waals surface area (Å²) in [4.78, 5) is 14.0. The second-order valence-electron chi connectivity index (χ2n) is 4.18. The Morgan fingerprint density at radius 2 is 2.00 bits per heavy atom. The lowest BCUT2D eigenvalue weighted by Crippen LogP contribution is -2.48. The van der Waals surface area contributed by atoms with Crippen LogP contribution in [0.3, 0.4) is 0 Å². The van der Waals surface area contributed by atoms with Gasteiger partial charge in [0.05, 0.1) is 0 Å². The summed E-state index contributed by atoms with van der Waals surface area (Å²) in [6, 6.07) is 0. The molecule has 2 aliphatic rings. The van der Waals surface area contributed by atoms with Crippen LogP contribution in [0.15, 0.2) is 0 Å². The summed E-state index contributed by atoms with van der Waals surface area (Å²) in [6.45, 7) is 5.87. The van der Waals surface area contributed by atoms with Crippen molar-refractivity contribution in [1.29, 1.82) is 0 Å². The van der Waals surface area contributed by atoms with E-state index in [0.29, 0.717) is 5.91 Å². The number of hydrogen-bond donors (Lipinski definition) is 1. The Morgan fingerprint density at radius 1 is 1.38 bits per heavy atom. The second kappa shape index (κ2) is 3.29. The van der Waals surface area contributed by atoms with E-state index in [4.69, 9.17) is 0 Å². The van der Waals surface area contributed by atoms with E-state index in [0.717, 1.165) is 45.4 Å². The molecule has 3 nitrogen and oxygen atoms in total. The Morgan fingerprint density at radius 3 is 2.46 bits per heavy atom. The maximum atomic E-state index is 12.0. The lowest BCUT2D eigenvalue weighted by molar-refractivity contribution is -0.137. The zero-order valence-electron chi connectivity index (χ0n) is 8.31. The first-order chi connectivity index (χ1) is 6.28.